The van der Waals surface area contributed by atoms with Crippen molar-refractivity contribution in [3.63, 3.8) is 0 Å². The molecule has 0 aliphatic rings. The molecule has 9 heteroatoms. The van der Waals surface area contributed by atoms with Crippen molar-refractivity contribution in [1.29, 1.82) is 0 Å². The van der Waals surface area contributed by atoms with Crippen LogP contribution in [0.3, 0.4) is 0 Å². The molecule has 4 N–H and O–H groups in total. The maximum Gasteiger partial charge on any atom is 0.280 e. The summed E-state index contributed by atoms with van der Waals surface area (Å²) in [4.78, 5) is 15.8. The summed E-state index contributed by atoms with van der Waals surface area (Å²) in [5.74, 6) is -0.707. The van der Waals surface area contributed by atoms with Crippen molar-refractivity contribution in [3.8, 4) is 11.1 Å². The van der Waals surface area contributed by atoms with Crippen LogP contribution in [0.2, 0.25) is 0 Å². The van der Waals surface area contributed by atoms with E-state index in [-0.39, 0.29) is 21.1 Å². The number of primary amides is 1. The molecule has 0 saturated carbocycles. The number of aromatic nitrogens is 3. The van der Waals surface area contributed by atoms with E-state index >= 15 is 0 Å². The van der Waals surface area contributed by atoms with Gasteiger partial charge in [-0.2, -0.15) is 5.10 Å². The quantitative estimate of drug-likeness (QED) is 0.754. The second-order valence-corrected chi connectivity index (χ2v) is 6.24. The van der Waals surface area contributed by atoms with Crippen LogP contribution in [0.15, 0.2) is 12.3 Å². The zero-order valence-corrected chi connectivity index (χ0v) is 13.8. The van der Waals surface area contributed by atoms with Gasteiger partial charge in [-0.25, -0.2) is 13.8 Å². The number of rotatable bonds is 4. The van der Waals surface area contributed by atoms with E-state index in [4.69, 9.17) is 11.5 Å². The molecule has 0 radical (unpaired) electrons. The van der Waals surface area contributed by atoms with Crippen molar-refractivity contribution >= 4 is 33.1 Å². The number of halogens is 2. The van der Waals surface area contributed by atoms with Crippen LogP contribution in [-0.4, -0.2) is 20.7 Å². The summed E-state index contributed by atoms with van der Waals surface area (Å²) in [6, 6.07) is 1.30. The lowest BCUT2D eigenvalue weighted by molar-refractivity contribution is 0.100. The van der Waals surface area contributed by atoms with E-state index in [1.807, 2.05) is 13.8 Å². The highest BCUT2D eigenvalue weighted by Gasteiger charge is 2.23. The highest BCUT2D eigenvalue weighted by atomic mass is 32.1. The Labute approximate surface area is 140 Å². The summed E-state index contributed by atoms with van der Waals surface area (Å²) < 4.78 is 28.2. The number of thiophene rings is 1. The van der Waals surface area contributed by atoms with E-state index in [2.05, 4.69) is 10.1 Å². The van der Waals surface area contributed by atoms with Gasteiger partial charge in [0, 0.05) is 23.2 Å². The maximum atomic E-state index is 13.2. The topological polar surface area (TPSA) is 99.8 Å². The van der Waals surface area contributed by atoms with Crippen LogP contribution in [0.1, 0.15) is 34.4 Å². The number of aryl methyl sites for hydroxylation is 1. The predicted molar refractivity (Wildman–Crippen MR) is 89.1 cm³/mol. The summed E-state index contributed by atoms with van der Waals surface area (Å²) in [5.41, 5.74) is 13.1. The van der Waals surface area contributed by atoms with E-state index in [0.29, 0.717) is 23.1 Å². The lowest BCUT2D eigenvalue weighted by Crippen LogP contribution is -2.10. The Morgan fingerprint density at radius 2 is 2.12 bits per heavy atom. The molecule has 0 aliphatic carbocycles. The van der Waals surface area contributed by atoms with Gasteiger partial charge in [0.1, 0.15) is 15.4 Å². The molecular weight excluding hydrogens is 336 g/mol. The van der Waals surface area contributed by atoms with Gasteiger partial charge in [-0.05, 0) is 25.5 Å². The number of anilines is 1. The van der Waals surface area contributed by atoms with E-state index in [1.54, 1.807) is 10.9 Å². The van der Waals surface area contributed by atoms with Crippen molar-refractivity contribution in [3.05, 3.63) is 28.5 Å². The van der Waals surface area contributed by atoms with Gasteiger partial charge in [0.25, 0.3) is 12.3 Å². The van der Waals surface area contributed by atoms with Crippen LogP contribution >= 0.6 is 11.3 Å². The maximum absolute atomic E-state index is 13.2. The van der Waals surface area contributed by atoms with Crippen molar-refractivity contribution in [2.75, 3.05) is 5.73 Å². The lowest BCUT2D eigenvalue weighted by Gasteiger charge is -2.08. The van der Waals surface area contributed by atoms with Gasteiger partial charge in [0.2, 0.25) is 0 Å². The number of hydrogen-bond donors (Lipinski definition) is 2. The molecule has 3 aromatic heterocycles. The second-order valence-electron chi connectivity index (χ2n) is 5.24. The number of amides is 1. The third-order valence-corrected chi connectivity index (χ3v) is 4.97. The van der Waals surface area contributed by atoms with E-state index in [9.17, 15) is 13.6 Å². The molecule has 126 valence electrons. The number of nitrogens with zero attached hydrogens (tertiary/aromatic N) is 3. The van der Waals surface area contributed by atoms with Crippen LogP contribution in [0, 0.1) is 6.92 Å². The number of hydrogen-bond acceptors (Lipinski definition) is 5. The third-order valence-electron chi connectivity index (χ3n) is 3.86. The fraction of sp³-hybridized carbons (Fsp3) is 0.267. The smallest absolute Gasteiger partial charge is 0.280 e. The monoisotopic (exact) mass is 351 g/mol. The van der Waals surface area contributed by atoms with E-state index in [0.717, 1.165) is 17.0 Å². The number of alkyl halides is 2. The number of carbonyl (C=O) groups excluding carboxylic acids is 1. The molecule has 0 aliphatic heterocycles. The van der Waals surface area contributed by atoms with Crippen molar-refractivity contribution in [2.24, 2.45) is 5.73 Å². The summed E-state index contributed by atoms with van der Waals surface area (Å²) in [5, 5.41) is 4.70. The molecule has 3 aromatic rings. The van der Waals surface area contributed by atoms with Gasteiger partial charge in [-0.1, -0.05) is 0 Å². The third kappa shape index (κ3) is 2.41. The Balaban J connectivity index is 2.39. The zero-order chi connectivity index (χ0) is 17.6. The summed E-state index contributed by atoms with van der Waals surface area (Å²) in [6.07, 6.45) is -1.14. The Hall–Kier alpha value is -2.55. The van der Waals surface area contributed by atoms with Crippen molar-refractivity contribution in [1.82, 2.24) is 14.8 Å². The fourth-order valence-electron chi connectivity index (χ4n) is 2.68. The molecule has 0 spiro atoms. The first-order valence-corrected chi connectivity index (χ1v) is 8.00. The van der Waals surface area contributed by atoms with Crippen LogP contribution in [-0.2, 0) is 6.54 Å². The fourth-order valence-corrected chi connectivity index (χ4v) is 3.66. The summed E-state index contributed by atoms with van der Waals surface area (Å²) in [7, 11) is 0. The molecule has 0 fully saturated rings. The SMILES string of the molecule is CCn1ncc(-c2cc(C(F)F)nc3sc(C(N)=O)c(N)c23)c1C. The number of pyridine rings is 1. The van der Waals surface area contributed by atoms with E-state index < -0.39 is 12.3 Å². The molecule has 0 aromatic carbocycles. The molecule has 24 heavy (non-hydrogen) atoms. The Morgan fingerprint density at radius 3 is 2.67 bits per heavy atom. The summed E-state index contributed by atoms with van der Waals surface area (Å²) in [6.45, 7) is 4.42. The van der Waals surface area contributed by atoms with Gasteiger partial charge in [0.05, 0.1) is 11.9 Å². The van der Waals surface area contributed by atoms with Crippen LogP contribution in [0.25, 0.3) is 21.3 Å². The first-order chi connectivity index (χ1) is 11.3. The number of nitrogen functional groups attached to an aromatic ring is 1. The van der Waals surface area contributed by atoms with Crippen molar-refractivity contribution in [2.45, 2.75) is 26.8 Å². The Bertz CT molecular complexity index is 947. The Kier molecular flexibility index (Phi) is 3.96. The molecule has 3 rings (SSSR count). The normalized spacial score (nSPS) is 11.5. The number of nitrogens with two attached hydrogens (primary N) is 2. The molecule has 0 unspecified atom stereocenters. The molecule has 3 heterocycles. The predicted octanol–water partition coefficient (Wildman–Crippen LogP) is 3.11. The minimum atomic E-state index is -2.74. The standard InChI is InChI=1S/C15H15F2N5OS/c1-3-22-6(2)8(5-20-22)7-4-9(13(16)17)21-15-10(7)11(18)12(24-15)14(19)23/h4-5,13H,3,18H2,1-2H3,(H2,19,23). The van der Waals surface area contributed by atoms with Gasteiger partial charge in [0.15, 0.2) is 0 Å². The highest BCUT2D eigenvalue weighted by molar-refractivity contribution is 7.21. The minimum Gasteiger partial charge on any atom is -0.397 e. The number of fused-ring (bicyclic) bond motifs is 1. The van der Waals surface area contributed by atoms with Gasteiger partial charge in [-0.15, -0.1) is 11.3 Å². The first kappa shape index (κ1) is 16.3. The molecule has 0 atom stereocenters. The molecule has 1 amide bonds. The first-order valence-electron chi connectivity index (χ1n) is 7.18. The van der Waals surface area contributed by atoms with Crippen molar-refractivity contribution < 1.29 is 13.6 Å². The molecule has 6 nitrogen and oxygen atoms in total. The second kappa shape index (κ2) is 5.82. The largest absolute Gasteiger partial charge is 0.397 e. The number of carbonyl (C=O) groups is 1. The van der Waals surface area contributed by atoms with Gasteiger partial charge >= 0.3 is 0 Å². The average Bonchev–Trinajstić information content (AvgIpc) is 3.07. The van der Waals surface area contributed by atoms with Gasteiger partial charge in [-0.3, -0.25) is 9.48 Å². The van der Waals surface area contributed by atoms with E-state index in [1.165, 1.54) is 6.07 Å². The van der Waals surface area contributed by atoms with Crippen LogP contribution < -0.4 is 11.5 Å². The molecule has 0 bridgehead atoms. The average molecular weight is 351 g/mol. The summed E-state index contributed by atoms with van der Waals surface area (Å²) >= 11 is 0.920. The van der Waals surface area contributed by atoms with Gasteiger partial charge < -0.3 is 11.5 Å². The highest BCUT2D eigenvalue weighted by Crippen LogP contribution is 2.41. The Morgan fingerprint density at radius 1 is 1.42 bits per heavy atom. The van der Waals surface area contributed by atoms with Crippen LogP contribution in [0.5, 0.6) is 0 Å². The lowest BCUT2D eigenvalue weighted by atomic mass is 10.0. The minimum absolute atomic E-state index is 0.116. The molecule has 0 saturated heterocycles. The zero-order valence-electron chi connectivity index (χ0n) is 13.0. The molecular formula is C15H15F2N5OS. The van der Waals surface area contributed by atoms with Crippen LogP contribution in [0.4, 0.5) is 14.5 Å².